The SMILES string of the molecule is COC(=O)N[C@H](C(=O)N1CCC[C@H]1c1nc(-c2ccc(-c3ccc(-c4c[nH]c(NC(=O)N[C@@H](C)c5ccccc5)n4)cc3)cc2)c[nH]1)C(C)C. The number of ether oxygens (including phenoxy) is 1. The van der Waals surface area contributed by atoms with Gasteiger partial charge in [0, 0.05) is 30.1 Å². The van der Waals surface area contributed by atoms with E-state index in [1.807, 2.05) is 93.7 Å². The third kappa shape index (κ3) is 7.70. The summed E-state index contributed by atoms with van der Waals surface area (Å²) in [6.07, 6.45) is 4.65. The number of benzene rings is 3. The zero-order valence-corrected chi connectivity index (χ0v) is 28.6. The fourth-order valence-electron chi connectivity index (χ4n) is 6.21. The highest BCUT2D eigenvalue weighted by atomic mass is 16.5. The first-order valence-electron chi connectivity index (χ1n) is 16.8. The van der Waals surface area contributed by atoms with Crippen LogP contribution in [0.4, 0.5) is 15.5 Å². The van der Waals surface area contributed by atoms with Crippen molar-refractivity contribution in [3.8, 4) is 33.6 Å². The number of urea groups is 1. The lowest BCUT2D eigenvalue weighted by Gasteiger charge is -2.29. The second kappa shape index (κ2) is 15.1. The number of rotatable bonds is 10. The van der Waals surface area contributed by atoms with Crippen LogP contribution in [0.15, 0.2) is 91.3 Å². The Morgan fingerprint density at radius 1 is 0.800 bits per heavy atom. The predicted octanol–water partition coefficient (Wildman–Crippen LogP) is 7.06. The van der Waals surface area contributed by atoms with Crippen LogP contribution in [-0.2, 0) is 9.53 Å². The van der Waals surface area contributed by atoms with E-state index in [9.17, 15) is 14.4 Å². The molecule has 1 aliphatic heterocycles. The van der Waals surface area contributed by atoms with Gasteiger partial charge < -0.3 is 30.2 Å². The van der Waals surface area contributed by atoms with Gasteiger partial charge in [0.15, 0.2) is 0 Å². The number of carbonyl (C=O) groups is 3. The van der Waals surface area contributed by atoms with Gasteiger partial charge in [-0.15, -0.1) is 0 Å². The molecule has 0 bridgehead atoms. The third-order valence-electron chi connectivity index (χ3n) is 8.99. The van der Waals surface area contributed by atoms with E-state index < -0.39 is 12.1 Å². The zero-order valence-electron chi connectivity index (χ0n) is 28.6. The number of hydrogen-bond donors (Lipinski definition) is 5. The minimum Gasteiger partial charge on any atom is -0.453 e. The summed E-state index contributed by atoms with van der Waals surface area (Å²) in [5, 5.41) is 8.38. The van der Waals surface area contributed by atoms with Crippen molar-refractivity contribution in [2.45, 2.75) is 51.7 Å². The topological polar surface area (TPSA) is 157 Å². The maximum absolute atomic E-state index is 13.5. The van der Waals surface area contributed by atoms with E-state index in [0.29, 0.717) is 12.5 Å². The van der Waals surface area contributed by atoms with Gasteiger partial charge in [0.1, 0.15) is 11.9 Å². The maximum Gasteiger partial charge on any atom is 0.407 e. The van der Waals surface area contributed by atoms with Crippen LogP contribution >= 0.6 is 0 Å². The van der Waals surface area contributed by atoms with Gasteiger partial charge in [0.2, 0.25) is 11.9 Å². The molecule has 1 fully saturated rings. The number of nitrogens with one attached hydrogen (secondary N) is 5. The molecule has 12 nitrogen and oxygen atoms in total. The molecule has 0 radical (unpaired) electrons. The standard InChI is InChI=1S/C38H42N8O4/c1-23(2)33(44-38(49)50-4)35(47)46-20-8-11-32(46)34-39-21-30(42-34)28-16-12-26(13-17-28)27-14-18-29(19-15-27)31-22-40-36(43-31)45-37(48)41-24(3)25-9-6-5-7-10-25/h5-7,9-10,12-19,21-24,32-33H,8,11,20H2,1-4H3,(H,39,42)(H,44,49)(H3,40,41,43,45,48)/t24-,32-,33-/m0/s1. The molecule has 6 rings (SSSR count). The summed E-state index contributed by atoms with van der Waals surface area (Å²) in [5.41, 5.74) is 6.49. The molecule has 1 saturated heterocycles. The number of nitrogens with zero attached hydrogens (tertiary/aromatic N) is 3. The number of likely N-dealkylation sites (tertiary alicyclic amines) is 1. The molecule has 50 heavy (non-hydrogen) atoms. The summed E-state index contributed by atoms with van der Waals surface area (Å²) in [5.74, 6) is 0.855. The Hall–Kier alpha value is -5.91. The average molecular weight is 675 g/mol. The molecule has 258 valence electrons. The van der Waals surface area contributed by atoms with Crippen molar-refractivity contribution in [1.82, 2.24) is 35.5 Å². The minimum atomic E-state index is -0.680. The summed E-state index contributed by atoms with van der Waals surface area (Å²) in [6, 6.07) is 24.7. The van der Waals surface area contributed by atoms with E-state index in [0.717, 1.165) is 57.9 Å². The van der Waals surface area contributed by atoms with Gasteiger partial charge in [-0.2, -0.15) is 0 Å². The van der Waals surface area contributed by atoms with E-state index in [2.05, 4.69) is 43.0 Å². The Balaban J connectivity index is 1.07. The van der Waals surface area contributed by atoms with E-state index in [1.54, 1.807) is 11.1 Å². The number of anilines is 1. The molecule has 3 atom stereocenters. The second-order valence-electron chi connectivity index (χ2n) is 12.7. The molecule has 5 N–H and O–H groups in total. The molecule has 2 aromatic heterocycles. The molecule has 12 heteroatoms. The first-order valence-corrected chi connectivity index (χ1v) is 16.8. The molecule has 0 aliphatic carbocycles. The minimum absolute atomic E-state index is 0.0977. The van der Waals surface area contributed by atoms with E-state index in [4.69, 9.17) is 9.72 Å². The Labute approximate surface area is 291 Å². The highest BCUT2D eigenvalue weighted by Crippen LogP contribution is 2.33. The maximum atomic E-state index is 13.5. The number of H-pyrrole nitrogens is 2. The predicted molar refractivity (Wildman–Crippen MR) is 192 cm³/mol. The number of alkyl carbamates (subject to hydrolysis) is 1. The smallest absolute Gasteiger partial charge is 0.407 e. The normalized spacial score (nSPS) is 15.4. The molecular weight excluding hydrogens is 632 g/mol. The number of carbonyl (C=O) groups excluding carboxylic acids is 3. The highest BCUT2D eigenvalue weighted by molar-refractivity contribution is 5.88. The number of aromatic nitrogens is 4. The number of methoxy groups -OCH3 is 1. The lowest BCUT2D eigenvalue weighted by Crippen LogP contribution is -2.51. The molecule has 1 aliphatic rings. The first-order chi connectivity index (χ1) is 24.2. The van der Waals surface area contributed by atoms with Crippen LogP contribution in [0.2, 0.25) is 0 Å². The van der Waals surface area contributed by atoms with Gasteiger partial charge in [-0.25, -0.2) is 19.6 Å². The number of imidazole rings is 2. The summed E-state index contributed by atoms with van der Waals surface area (Å²) < 4.78 is 4.74. The van der Waals surface area contributed by atoms with Gasteiger partial charge in [0.25, 0.3) is 0 Å². The van der Waals surface area contributed by atoms with Gasteiger partial charge in [-0.1, -0.05) is 92.7 Å². The van der Waals surface area contributed by atoms with Crippen LogP contribution in [0, 0.1) is 5.92 Å². The average Bonchev–Trinajstić information content (AvgIpc) is 3.92. The molecule has 0 saturated carbocycles. The Kier molecular flexibility index (Phi) is 10.3. The quantitative estimate of drug-likeness (QED) is 0.107. The van der Waals surface area contributed by atoms with Crippen molar-refractivity contribution in [3.05, 3.63) is 103 Å². The monoisotopic (exact) mass is 674 g/mol. The van der Waals surface area contributed by atoms with Crippen LogP contribution < -0.4 is 16.0 Å². The fourth-order valence-corrected chi connectivity index (χ4v) is 6.21. The van der Waals surface area contributed by atoms with Crippen molar-refractivity contribution in [1.29, 1.82) is 0 Å². The third-order valence-corrected chi connectivity index (χ3v) is 8.99. The van der Waals surface area contributed by atoms with Crippen molar-refractivity contribution < 1.29 is 19.1 Å². The number of aromatic amines is 2. The Bertz CT molecular complexity index is 1920. The highest BCUT2D eigenvalue weighted by Gasteiger charge is 2.37. The van der Waals surface area contributed by atoms with Crippen LogP contribution in [-0.4, -0.2) is 62.6 Å². The van der Waals surface area contributed by atoms with Crippen molar-refractivity contribution in [3.63, 3.8) is 0 Å². The second-order valence-corrected chi connectivity index (χ2v) is 12.7. The fraction of sp³-hybridized carbons (Fsp3) is 0.289. The Morgan fingerprint density at radius 2 is 1.40 bits per heavy atom. The van der Waals surface area contributed by atoms with Crippen molar-refractivity contribution in [2.75, 3.05) is 19.0 Å². The molecule has 3 aromatic carbocycles. The summed E-state index contributed by atoms with van der Waals surface area (Å²) in [7, 11) is 1.29. The molecule has 0 spiro atoms. The lowest BCUT2D eigenvalue weighted by atomic mass is 10.0. The van der Waals surface area contributed by atoms with E-state index in [1.165, 1.54) is 7.11 Å². The van der Waals surface area contributed by atoms with Crippen molar-refractivity contribution >= 4 is 24.0 Å². The summed E-state index contributed by atoms with van der Waals surface area (Å²) in [6.45, 7) is 6.33. The largest absolute Gasteiger partial charge is 0.453 e. The van der Waals surface area contributed by atoms with Gasteiger partial charge >= 0.3 is 12.1 Å². The molecular formula is C38H42N8O4. The summed E-state index contributed by atoms with van der Waals surface area (Å²) >= 11 is 0. The van der Waals surface area contributed by atoms with Gasteiger partial charge in [0.05, 0.1) is 30.6 Å². The Morgan fingerprint density at radius 3 is 2.02 bits per heavy atom. The van der Waals surface area contributed by atoms with Gasteiger partial charge in [-0.05, 0) is 42.4 Å². The van der Waals surface area contributed by atoms with E-state index in [-0.39, 0.29) is 29.9 Å². The van der Waals surface area contributed by atoms with Crippen molar-refractivity contribution in [2.24, 2.45) is 5.92 Å². The molecule has 4 amide bonds. The van der Waals surface area contributed by atoms with Crippen LogP contribution in [0.5, 0.6) is 0 Å². The van der Waals surface area contributed by atoms with Gasteiger partial charge in [-0.3, -0.25) is 10.1 Å². The summed E-state index contributed by atoms with van der Waals surface area (Å²) in [4.78, 5) is 55.4. The molecule has 0 unspecified atom stereocenters. The molecule has 3 heterocycles. The first kappa shape index (κ1) is 34.0. The van der Waals surface area contributed by atoms with Crippen LogP contribution in [0.1, 0.15) is 57.1 Å². The number of amides is 4. The van der Waals surface area contributed by atoms with Crippen LogP contribution in [0.25, 0.3) is 33.6 Å². The van der Waals surface area contributed by atoms with E-state index >= 15 is 0 Å². The lowest BCUT2D eigenvalue weighted by molar-refractivity contribution is -0.135. The zero-order chi connectivity index (χ0) is 35.2. The molecule has 5 aromatic rings. The number of hydrogen-bond acceptors (Lipinski definition) is 6. The van der Waals surface area contributed by atoms with Crippen LogP contribution in [0.3, 0.4) is 0 Å².